The molecule has 0 spiro atoms. The van der Waals surface area contributed by atoms with Crippen LogP contribution >= 0.6 is 139 Å². The van der Waals surface area contributed by atoms with Gasteiger partial charge in [-0.05, 0) is 42.5 Å². The summed E-state index contributed by atoms with van der Waals surface area (Å²) in [6.07, 6.45) is 0. The Morgan fingerprint density at radius 2 is 0.680 bits per heavy atom. The summed E-state index contributed by atoms with van der Waals surface area (Å²) >= 11 is 89.5. The van der Waals surface area contributed by atoms with Crippen molar-refractivity contribution in [1.29, 1.82) is 0 Å². The number of para-hydroxylation sites is 4. The standard InChI is InChI=1S/C63H32Cl12N8O11.CH4O.Zn/c1-84-21-12-7-11-20-19-90-27-18-10-17-26(89-6)51(27)94-55-43(71)35-31(39(67)47(55)75)59-81-61-34-30(38(66)46(74)54(42(34)70)93-50-24(87-4)15-9-16-25(50)88-5)58(80-61)79-60-33-29(37(65)45(73)53(41(33)69)92-49-22(85-2)13-8-14-23(49)86-3)57(77-60)76-56-28-32(62(78-56)83-63(35)82-59)40(68)52(91-48(20)21)44(72)36(28)64;1-2;/h7-18H,19H2,1-6H3;2H,1H3;/q-2;;+2. The van der Waals surface area contributed by atoms with Crippen LogP contribution in [0.1, 0.15) is 5.56 Å². The topological polar surface area (TPSA) is 227 Å². The molecule has 11 aromatic rings. The van der Waals surface area contributed by atoms with Crippen LogP contribution in [0.2, 0.25) is 60.3 Å². The maximum atomic E-state index is 7.63. The van der Waals surface area contributed by atoms with Gasteiger partial charge >= 0.3 is 19.5 Å². The van der Waals surface area contributed by atoms with Crippen molar-refractivity contribution >= 4 is 183 Å². The Kier molecular flexibility index (Phi) is 20.1. The normalized spacial score (nSPS) is 11.8. The zero-order chi connectivity index (χ0) is 68.0. The molecule has 6 heterocycles. The van der Waals surface area contributed by atoms with Gasteiger partial charge in [-0.2, -0.15) is 0 Å². The first-order chi connectivity index (χ1) is 46.3. The first-order valence-corrected chi connectivity index (χ1v) is 32.0. The van der Waals surface area contributed by atoms with Gasteiger partial charge in [0.2, 0.25) is 17.2 Å². The molecule has 3 aliphatic heterocycles. The Hall–Kier alpha value is -7.02. The molecule has 12 bridgehead atoms. The largest absolute Gasteiger partial charge is 2.00 e. The number of benzene rings is 8. The number of hydrogen-bond donors (Lipinski definition) is 1. The predicted molar refractivity (Wildman–Crippen MR) is 372 cm³/mol. The number of aliphatic hydroxyl groups is 1. The molecular weight excluding hydrogens is 1560 g/mol. The van der Waals surface area contributed by atoms with E-state index >= 15 is 0 Å². The van der Waals surface area contributed by atoms with Crippen LogP contribution < -0.4 is 62.1 Å². The number of halogens is 12. The van der Waals surface area contributed by atoms with Crippen LogP contribution in [0.4, 0.5) is 0 Å². The molecule has 97 heavy (non-hydrogen) atoms. The molecule has 3 aliphatic rings. The van der Waals surface area contributed by atoms with Gasteiger partial charge in [-0.15, -0.1) is 0 Å². The molecule has 14 rings (SSSR count). The summed E-state index contributed by atoms with van der Waals surface area (Å²) in [5.74, 6) is 0.0695. The van der Waals surface area contributed by atoms with Gasteiger partial charge in [0, 0.05) is 79.1 Å². The molecule has 0 aliphatic carbocycles. The van der Waals surface area contributed by atoms with Gasteiger partial charge in [0.25, 0.3) is 0 Å². The number of nitrogens with zero attached hydrogens (tertiary/aromatic N) is 8. The molecule has 490 valence electrons. The smallest absolute Gasteiger partial charge is 0.493 e. The molecule has 0 unspecified atom stereocenters. The van der Waals surface area contributed by atoms with E-state index in [2.05, 4.69) is 0 Å². The summed E-state index contributed by atoms with van der Waals surface area (Å²) in [5, 5.41) is 4.48. The number of methoxy groups -OCH3 is 6. The van der Waals surface area contributed by atoms with E-state index in [0.717, 1.165) is 7.11 Å². The van der Waals surface area contributed by atoms with Gasteiger partial charge in [-0.3, -0.25) is 0 Å². The van der Waals surface area contributed by atoms with E-state index in [1.165, 1.54) is 42.7 Å². The second-order valence-corrected chi connectivity index (χ2v) is 24.5. The second-order valence-electron chi connectivity index (χ2n) is 20.0. The molecule has 0 fully saturated rings. The Balaban J connectivity index is 0.00000296. The third kappa shape index (κ3) is 11.5. The molecule has 0 saturated heterocycles. The third-order valence-electron chi connectivity index (χ3n) is 15.0. The van der Waals surface area contributed by atoms with Crippen LogP contribution in [-0.4, -0.2) is 84.8 Å². The first kappa shape index (κ1) is 69.9. The van der Waals surface area contributed by atoms with Crippen molar-refractivity contribution in [3.05, 3.63) is 139 Å². The van der Waals surface area contributed by atoms with Crippen LogP contribution in [0.25, 0.3) is 89.7 Å². The Bertz CT molecular complexity index is 5300. The molecule has 3 aromatic heterocycles. The Morgan fingerprint density at radius 3 is 1.16 bits per heavy atom. The summed E-state index contributed by atoms with van der Waals surface area (Å²) in [4.78, 5) is 40.4. The third-order valence-corrected chi connectivity index (χ3v) is 19.8. The number of aliphatic hydroxyl groups excluding tert-OH is 1. The van der Waals surface area contributed by atoms with Crippen molar-refractivity contribution in [3.63, 3.8) is 0 Å². The Morgan fingerprint density at radius 1 is 0.340 bits per heavy atom. The van der Waals surface area contributed by atoms with Crippen molar-refractivity contribution in [2.75, 3.05) is 49.8 Å². The zero-order valence-electron chi connectivity index (χ0n) is 50.4. The van der Waals surface area contributed by atoms with E-state index in [9.17, 15) is 0 Å². The average molecular weight is 1600 g/mol. The van der Waals surface area contributed by atoms with Gasteiger partial charge in [-0.1, -0.05) is 170 Å². The Labute approximate surface area is 621 Å². The van der Waals surface area contributed by atoms with Gasteiger partial charge in [0.05, 0.1) is 106 Å². The van der Waals surface area contributed by atoms with Crippen LogP contribution in [0.5, 0.6) is 86.2 Å². The zero-order valence-corrected chi connectivity index (χ0v) is 62.4. The van der Waals surface area contributed by atoms with Crippen LogP contribution in [0, 0.1) is 0 Å². The molecular formula is C64H36Cl12N8O12Zn. The van der Waals surface area contributed by atoms with Crippen molar-refractivity contribution < 1.29 is 76.7 Å². The number of rotatable bonds is 10. The number of aromatic nitrogens is 8. The minimum atomic E-state index is -0.234. The summed E-state index contributed by atoms with van der Waals surface area (Å²) < 4.78 is 67.4. The molecule has 0 radical (unpaired) electrons. The minimum Gasteiger partial charge on any atom is -0.493 e. The molecule has 1 N–H and O–H groups in total. The van der Waals surface area contributed by atoms with Gasteiger partial charge in [-0.25, -0.2) is 9.97 Å². The van der Waals surface area contributed by atoms with E-state index in [4.69, 9.17) is 236 Å². The van der Waals surface area contributed by atoms with E-state index in [-0.39, 0.29) is 262 Å². The fourth-order valence-electron chi connectivity index (χ4n) is 10.7. The van der Waals surface area contributed by atoms with E-state index < -0.39 is 0 Å². The predicted octanol–water partition coefficient (Wildman–Crippen LogP) is 20.7. The molecule has 33 heteroatoms. The number of hydrogen-bond acceptors (Lipinski definition) is 18. The summed E-state index contributed by atoms with van der Waals surface area (Å²) in [6, 6.07) is 19.9. The molecule has 0 amide bonds. The number of fused-ring (bicyclic) bond motifs is 18. The minimum absolute atomic E-state index is 0. The summed E-state index contributed by atoms with van der Waals surface area (Å²) in [7, 11) is 9.62. The monoisotopic (exact) mass is 1590 g/mol. The average Bonchev–Trinajstić information content (AvgIpc) is 1.60. The SMILES string of the molecule is CO.COc1cccc2c1Oc1c(Cl)c(Cl)c3c4nc5nc(nc6[n-]c(nc7nc(nc([n-]4)c3c1Cl)-c1c(Cl)c(c(Cl)c(Cl)c1-7)Oc1c(OC)cccc1OC2)c1c(Cl)c(Oc2c(OC)cccc2OC)c(Cl)c(Cl)c61)-c1c(Cl)c(Oc2c(OC)cccc2OC)c(Cl)c(Cl)c1-5.[Zn+2]. The molecule has 0 atom stereocenters. The van der Waals surface area contributed by atoms with Gasteiger partial charge in [0.1, 0.15) is 26.7 Å². The van der Waals surface area contributed by atoms with Crippen molar-refractivity contribution in [2.45, 2.75) is 6.61 Å². The second kappa shape index (κ2) is 28.0. The van der Waals surface area contributed by atoms with Crippen LogP contribution in [0.15, 0.2) is 72.8 Å². The quantitative estimate of drug-likeness (QED) is 0.0991. The van der Waals surface area contributed by atoms with Crippen LogP contribution in [0.3, 0.4) is 0 Å². The van der Waals surface area contributed by atoms with E-state index in [0.29, 0.717) is 5.56 Å². The summed E-state index contributed by atoms with van der Waals surface area (Å²) in [5.41, 5.74) is -0.501. The fourth-order valence-corrected chi connectivity index (χ4v) is 14.1. The first-order valence-electron chi connectivity index (χ1n) is 27.4. The van der Waals surface area contributed by atoms with Gasteiger partial charge < -0.3 is 87.1 Å². The molecule has 20 nitrogen and oxygen atoms in total. The van der Waals surface area contributed by atoms with Crippen molar-refractivity contribution in [2.24, 2.45) is 0 Å². The molecule has 8 aromatic carbocycles. The van der Waals surface area contributed by atoms with Crippen molar-refractivity contribution in [3.8, 4) is 132 Å². The molecule has 0 saturated carbocycles. The van der Waals surface area contributed by atoms with E-state index in [1.807, 2.05) is 0 Å². The van der Waals surface area contributed by atoms with Crippen molar-refractivity contribution in [1.82, 2.24) is 39.9 Å². The summed E-state index contributed by atoms with van der Waals surface area (Å²) in [6.45, 7) is -0.199. The van der Waals surface area contributed by atoms with E-state index in [1.54, 1.807) is 72.8 Å². The van der Waals surface area contributed by atoms with Crippen LogP contribution in [-0.2, 0) is 26.1 Å². The maximum Gasteiger partial charge on any atom is 2.00 e. The van der Waals surface area contributed by atoms with Gasteiger partial charge in [0.15, 0.2) is 69.0 Å². The fraction of sp³-hybridized carbons (Fsp3) is 0.125. The maximum absolute atomic E-state index is 7.63. The number of ether oxygens (including phenoxy) is 11.